The molecule has 1 nitrogen and oxygen atoms in total. The van der Waals surface area contributed by atoms with E-state index in [1.165, 1.54) is 51.4 Å². The molecule has 0 bridgehead atoms. The van der Waals surface area contributed by atoms with Crippen molar-refractivity contribution in [2.24, 2.45) is 11.8 Å². The molecule has 23 heavy (non-hydrogen) atoms. The van der Waals surface area contributed by atoms with Gasteiger partial charge in [0.15, 0.2) is 0 Å². The van der Waals surface area contributed by atoms with Gasteiger partial charge in [-0.25, -0.2) is 0 Å². The lowest BCUT2D eigenvalue weighted by Crippen LogP contribution is -2.12. The van der Waals surface area contributed by atoms with Crippen molar-refractivity contribution in [1.29, 1.82) is 0 Å². The Bertz CT molecular complexity index is 448. The molecule has 0 spiro atoms. The summed E-state index contributed by atoms with van der Waals surface area (Å²) >= 11 is 0. The zero-order valence-electron chi connectivity index (χ0n) is 15.1. The van der Waals surface area contributed by atoms with E-state index in [1.807, 2.05) is 30.3 Å². The van der Waals surface area contributed by atoms with Gasteiger partial charge in [0.05, 0.1) is 6.61 Å². The van der Waals surface area contributed by atoms with Crippen molar-refractivity contribution < 1.29 is 4.74 Å². The molecular formula is C22H34O. The number of ether oxygens (including phenoxy) is 1. The van der Waals surface area contributed by atoms with E-state index in [1.54, 1.807) is 5.57 Å². The number of benzene rings is 1. The molecule has 0 aliphatic heterocycles. The van der Waals surface area contributed by atoms with Gasteiger partial charge in [-0.3, -0.25) is 0 Å². The van der Waals surface area contributed by atoms with Crippen LogP contribution in [-0.4, -0.2) is 6.61 Å². The van der Waals surface area contributed by atoms with Crippen LogP contribution in [0.4, 0.5) is 0 Å². The van der Waals surface area contributed by atoms with Crippen molar-refractivity contribution in [3.8, 4) is 5.75 Å². The highest BCUT2D eigenvalue weighted by Gasteiger charge is 2.19. The van der Waals surface area contributed by atoms with Crippen LogP contribution >= 0.6 is 0 Å². The van der Waals surface area contributed by atoms with Gasteiger partial charge >= 0.3 is 0 Å². The molecule has 128 valence electrons. The molecule has 0 N–H and O–H groups in total. The minimum atomic E-state index is 0.779. The molecule has 0 aromatic heterocycles. The van der Waals surface area contributed by atoms with Crippen LogP contribution in [0.3, 0.4) is 0 Å². The molecule has 1 aromatic carbocycles. The zero-order chi connectivity index (χ0) is 16.3. The number of unbranched alkanes of at least 4 members (excludes halogenated alkanes) is 1. The Kier molecular flexibility index (Phi) is 8.28. The molecule has 0 saturated heterocycles. The quantitative estimate of drug-likeness (QED) is 0.341. The van der Waals surface area contributed by atoms with Gasteiger partial charge in [-0.2, -0.15) is 0 Å². The van der Waals surface area contributed by atoms with Gasteiger partial charge in [0, 0.05) is 0 Å². The topological polar surface area (TPSA) is 9.23 Å². The Hall–Kier alpha value is -1.24. The molecule has 1 aromatic rings. The predicted molar refractivity (Wildman–Crippen MR) is 99.9 cm³/mol. The van der Waals surface area contributed by atoms with Crippen LogP contribution in [0, 0.1) is 11.8 Å². The average Bonchev–Trinajstić information content (AvgIpc) is 2.61. The van der Waals surface area contributed by atoms with Gasteiger partial charge in [0.1, 0.15) is 5.75 Å². The van der Waals surface area contributed by atoms with Gasteiger partial charge in [0.25, 0.3) is 0 Å². The minimum Gasteiger partial charge on any atom is -0.494 e. The minimum absolute atomic E-state index is 0.779. The maximum absolute atomic E-state index is 5.83. The van der Waals surface area contributed by atoms with Gasteiger partial charge in [-0.05, 0) is 62.5 Å². The molecular weight excluding hydrogens is 280 g/mol. The van der Waals surface area contributed by atoms with Crippen molar-refractivity contribution in [3.05, 3.63) is 42.0 Å². The van der Waals surface area contributed by atoms with Crippen molar-refractivity contribution in [2.45, 2.75) is 71.6 Å². The molecule has 0 radical (unpaired) electrons. The van der Waals surface area contributed by atoms with Gasteiger partial charge in [0.2, 0.25) is 0 Å². The van der Waals surface area contributed by atoms with E-state index in [4.69, 9.17) is 4.74 Å². The van der Waals surface area contributed by atoms with E-state index in [2.05, 4.69) is 19.9 Å². The van der Waals surface area contributed by atoms with Crippen LogP contribution in [0.5, 0.6) is 5.75 Å². The summed E-state index contributed by atoms with van der Waals surface area (Å²) in [5, 5.41) is 0. The van der Waals surface area contributed by atoms with E-state index >= 15 is 0 Å². The Labute approximate surface area is 143 Å². The Morgan fingerprint density at radius 3 is 2.61 bits per heavy atom. The first-order chi connectivity index (χ1) is 11.3. The average molecular weight is 315 g/mol. The molecule has 1 aliphatic carbocycles. The van der Waals surface area contributed by atoms with E-state index in [-0.39, 0.29) is 0 Å². The van der Waals surface area contributed by atoms with Gasteiger partial charge in [-0.1, -0.05) is 63.0 Å². The van der Waals surface area contributed by atoms with E-state index in [9.17, 15) is 0 Å². The maximum Gasteiger partial charge on any atom is 0.119 e. The van der Waals surface area contributed by atoms with E-state index in [0.717, 1.165) is 30.6 Å². The van der Waals surface area contributed by atoms with Gasteiger partial charge < -0.3 is 4.74 Å². The highest BCUT2D eigenvalue weighted by molar-refractivity contribution is 5.20. The van der Waals surface area contributed by atoms with Crippen molar-refractivity contribution >= 4 is 0 Å². The van der Waals surface area contributed by atoms with Crippen molar-refractivity contribution in [1.82, 2.24) is 0 Å². The van der Waals surface area contributed by atoms with Crippen molar-refractivity contribution in [2.75, 3.05) is 6.61 Å². The van der Waals surface area contributed by atoms with Crippen LogP contribution in [0.2, 0.25) is 0 Å². The van der Waals surface area contributed by atoms with Gasteiger partial charge in [-0.15, -0.1) is 0 Å². The second-order valence-electron chi connectivity index (χ2n) is 6.97. The summed E-state index contributed by atoms with van der Waals surface area (Å²) < 4.78 is 5.83. The monoisotopic (exact) mass is 314 g/mol. The second kappa shape index (κ2) is 10.5. The lowest BCUT2D eigenvalue weighted by molar-refractivity contribution is 0.293. The predicted octanol–water partition coefficient (Wildman–Crippen LogP) is 6.79. The first-order valence-electron chi connectivity index (χ1n) is 9.70. The summed E-state index contributed by atoms with van der Waals surface area (Å²) in [7, 11) is 0. The lowest BCUT2D eigenvalue weighted by Gasteiger charge is -2.27. The van der Waals surface area contributed by atoms with Crippen LogP contribution in [0.15, 0.2) is 42.0 Å². The number of hydrogen-bond donors (Lipinski definition) is 0. The highest BCUT2D eigenvalue weighted by Crippen LogP contribution is 2.34. The molecule has 1 aliphatic rings. The summed E-state index contributed by atoms with van der Waals surface area (Å²) in [6, 6.07) is 10.2. The third kappa shape index (κ3) is 6.41. The Morgan fingerprint density at radius 1 is 1.13 bits per heavy atom. The fraction of sp³-hybridized carbons (Fsp3) is 0.636. The third-order valence-corrected chi connectivity index (χ3v) is 5.25. The first-order valence-corrected chi connectivity index (χ1v) is 9.70. The number of hydrogen-bond acceptors (Lipinski definition) is 1. The molecule has 0 fully saturated rings. The summed E-state index contributed by atoms with van der Waals surface area (Å²) in [4.78, 5) is 0. The molecule has 2 atom stereocenters. The first kappa shape index (κ1) is 18.1. The summed E-state index contributed by atoms with van der Waals surface area (Å²) in [5.41, 5.74) is 1.74. The van der Waals surface area contributed by atoms with Crippen LogP contribution in [0.1, 0.15) is 71.6 Å². The fourth-order valence-electron chi connectivity index (χ4n) is 3.72. The summed E-state index contributed by atoms with van der Waals surface area (Å²) in [5.74, 6) is 2.73. The molecule has 1 heteroatoms. The zero-order valence-corrected chi connectivity index (χ0v) is 15.1. The SMILES string of the molecule is CCCCC1CC=C(C(CC)CCCOc2ccccc2)CC1. The largest absolute Gasteiger partial charge is 0.494 e. The normalized spacial score (nSPS) is 19.2. The van der Waals surface area contributed by atoms with Crippen molar-refractivity contribution in [3.63, 3.8) is 0 Å². The third-order valence-electron chi connectivity index (χ3n) is 5.25. The smallest absolute Gasteiger partial charge is 0.119 e. The molecule has 0 amide bonds. The van der Waals surface area contributed by atoms with E-state index in [0.29, 0.717) is 0 Å². The van der Waals surface area contributed by atoms with E-state index < -0.39 is 0 Å². The molecule has 0 saturated carbocycles. The Balaban J connectivity index is 1.69. The van der Waals surface area contributed by atoms with Crippen LogP contribution in [-0.2, 0) is 0 Å². The molecule has 2 rings (SSSR count). The maximum atomic E-state index is 5.83. The van der Waals surface area contributed by atoms with Crippen LogP contribution < -0.4 is 4.74 Å². The number of allylic oxidation sites excluding steroid dienone is 2. The number of rotatable bonds is 10. The molecule has 2 unspecified atom stereocenters. The summed E-state index contributed by atoms with van der Waals surface area (Å²) in [6.45, 7) is 5.48. The second-order valence-corrected chi connectivity index (χ2v) is 6.97. The standard InChI is InChI=1S/C22H34O/c1-3-5-10-19-14-16-21(17-15-19)20(4-2)11-9-18-23-22-12-7-6-8-13-22/h6-8,12-13,16,19-20H,3-5,9-11,14-15,17-18H2,1-2H3. The fourth-order valence-corrected chi connectivity index (χ4v) is 3.72. The molecule has 0 heterocycles. The summed E-state index contributed by atoms with van der Waals surface area (Å²) in [6.07, 6.45) is 14.5. The number of para-hydroxylation sites is 1. The highest BCUT2D eigenvalue weighted by atomic mass is 16.5. The Morgan fingerprint density at radius 2 is 1.96 bits per heavy atom. The van der Waals surface area contributed by atoms with Crippen LogP contribution in [0.25, 0.3) is 0 Å². The lowest BCUT2D eigenvalue weighted by atomic mass is 9.79.